The number of nitrogens with zero attached hydrogens (tertiary/aromatic N) is 3. The lowest BCUT2D eigenvalue weighted by atomic mass is 9.90. The molecule has 34 heavy (non-hydrogen) atoms. The Bertz CT molecular complexity index is 1340. The van der Waals surface area contributed by atoms with Crippen LogP contribution >= 0.6 is 11.6 Å². The molecule has 8 nitrogen and oxygen atoms in total. The Labute approximate surface area is 195 Å². The van der Waals surface area contributed by atoms with E-state index in [2.05, 4.69) is 15.0 Å². The molecule has 1 fully saturated rings. The molecular weight excluding hydrogens is 477 g/mol. The van der Waals surface area contributed by atoms with E-state index in [-0.39, 0.29) is 17.6 Å². The summed E-state index contributed by atoms with van der Waals surface area (Å²) in [5.74, 6) is -0.833. The third-order valence-corrected chi connectivity index (χ3v) is 6.06. The number of pyridine rings is 1. The molecule has 2 aromatic heterocycles. The van der Waals surface area contributed by atoms with Gasteiger partial charge in [-0.3, -0.25) is 19.0 Å². The molecule has 0 bridgehead atoms. The van der Waals surface area contributed by atoms with Crippen molar-refractivity contribution in [3.63, 3.8) is 0 Å². The highest BCUT2D eigenvalue weighted by Crippen LogP contribution is 2.30. The van der Waals surface area contributed by atoms with Crippen molar-refractivity contribution in [2.24, 2.45) is 7.05 Å². The van der Waals surface area contributed by atoms with Crippen LogP contribution in [0.15, 0.2) is 46.1 Å². The molecule has 0 spiro atoms. The van der Waals surface area contributed by atoms with E-state index in [4.69, 9.17) is 11.6 Å². The van der Waals surface area contributed by atoms with Gasteiger partial charge >= 0.3 is 17.5 Å². The zero-order chi connectivity index (χ0) is 24.6. The van der Waals surface area contributed by atoms with Crippen LogP contribution in [0.4, 0.5) is 13.2 Å². The molecule has 0 unspecified atom stereocenters. The largest absolute Gasteiger partial charge is 0.573 e. The Morgan fingerprint density at radius 1 is 1.12 bits per heavy atom. The fourth-order valence-corrected chi connectivity index (χ4v) is 4.35. The first-order valence-electron chi connectivity index (χ1n) is 10.5. The number of amides is 1. The van der Waals surface area contributed by atoms with Gasteiger partial charge in [0.15, 0.2) is 5.65 Å². The zero-order valence-corrected chi connectivity index (χ0v) is 18.7. The van der Waals surface area contributed by atoms with Crippen LogP contribution in [0.2, 0.25) is 5.02 Å². The lowest BCUT2D eigenvalue weighted by molar-refractivity contribution is -0.274. The van der Waals surface area contributed by atoms with Crippen molar-refractivity contribution in [1.29, 1.82) is 0 Å². The normalized spacial score (nSPS) is 18.6. The first-order valence-corrected chi connectivity index (χ1v) is 10.8. The minimum atomic E-state index is -4.81. The molecule has 0 atom stereocenters. The second-order valence-corrected chi connectivity index (χ2v) is 8.52. The Morgan fingerprint density at radius 2 is 1.76 bits per heavy atom. The van der Waals surface area contributed by atoms with Crippen LogP contribution in [-0.2, 0) is 7.05 Å². The van der Waals surface area contributed by atoms with E-state index < -0.39 is 29.1 Å². The Hall–Kier alpha value is -3.34. The van der Waals surface area contributed by atoms with Crippen molar-refractivity contribution in [2.45, 2.75) is 44.1 Å². The number of fused-ring (bicyclic) bond motifs is 1. The maximum absolute atomic E-state index is 12.8. The lowest BCUT2D eigenvalue weighted by Crippen LogP contribution is -2.44. The zero-order valence-electron chi connectivity index (χ0n) is 17.9. The molecule has 0 saturated heterocycles. The molecule has 1 N–H and O–H groups in total. The SMILES string of the molecule is Cn1c(=O)c(=O)n([C@H]2CC[C@H](NC(=O)c3ccc(OC(F)(F)F)cc3)CC2)c2ncc(Cl)cc21. The highest BCUT2D eigenvalue weighted by molar-refractivity contribution is 6.31. The maximum atomic E-state index is 12.8. The fourth-order valence-electron chi connectivity index (χ4n) is 4.20. The lowest BCUT2D eigenvalue weighted by Gasteiger charge is -2.30. The van der Waals surface area contributed by atoms with Crippen LogP contribution < -0.4 is 21.2 Å². The van der Waals surface area contributed by atoms with Crippen molar-refractivity contribution in [2.75, 3.05) is 0 Å². The van der Waals surface area contributed by atoms with Crippen LogP contribution in [0.3, 0.4) is 0 Å². The molecule has 1 aromatic carbocycles. The Balaban J connectivity index is 1.45. The first kappa shape index (κ1) is 23.8. The van der Waals surface area contributed by atoms with Crippen LogP contribution in [0.1, 0.15) is 42.1 Å². The van der Waals surface area contributed by atoms with Crippen LogP contribution in [0.5, 0.6) is 5.75 Å². The number of hydrogen-bond acceptors (Lipinski definition) is 5. The van der Waals surface area contributed by atoms with E-state index in [1.165, 1.54) is 34.5 Å². The van der Waals surface area contributed by atoms with Gasteiger partial charge < -0.3 is 14.6 Å². The topological polar surface area (TPSA) is 95.2 Å². The summed E-state index contributed by atoms with van der Waals surface area (Å²) in [6.07, 6.45) is -1.25. The van der Waals surface area contributed by atoms with Crippen molar-refractivity contribution in [3.8, 4) is 5.75 Å². The summed E-state index contributed by atoms with van der Waals surface area (Å²) in [7, 11) is 1.49. The number of ether oxygens (including phenoxy) is 1. The van der Waals surface area contributed by atoms with Gasteiger partial charge in [-0.15, -0.1) is 13.2 Å². The minimum Gasteiger partial charge on any atom is -0.406 e. The Morgan fingerprint density at radius 3 is 2.38 bits per heavy atom. The van der Waals surface area contributed by atoms with Crippen LogP contribution in [0, 0.1) is 0 Å². The van der Waals surface area contributed by atoms with E-state index in [1.807, 2.05) is 0 Å². The number of carbonyl (C=O) groups is 1. The van der Waals surface area contributed by atoms with Crippen molar-refractivity contribution in [3.05, 3.63) is 67.8 Å². The molecule has 0 aliphatic heterocycles. The first-order chi connectivity index (χ1) is 16.0. The summed E-state index contributed by atoms with van der Waals surface area (Å²) in [5, 5.41) is 3.21. The van der Waals surface area contributed by atoms with E-state index >= 15 is 0 Å². The van der Waals surface area contributed by atoms with Gasteiger partial charge in [0, 0.05) is 30.9 Å². The summed E-state index contributed by atoms with van der Waals surface area (Å²) in [6.45, 7) is 0. The maximum Gasteiger partial charge on any atom is 0.573 e. The summed E-state index contributed by atoms with van der Waals surface area (Å²) >= 11 is 6.01. The average molecular weight is 497 g/mol. The molecular formula is C22H20ClF3N4O4. The molecule has 0 radical (unpaired) electrons. The van der Waals surface area contributed by atoms with Gasteiger partial charge in [0.25, 0.3) is 5.91 Å². The van der Waals surface area contributed by atoms with Crippen LogP contribution in [-0.4, -0.2) is 32.4 Å². The second-order valence-electron chi connectivity index (χ2n) is 8.09. The quantitative estimate of drug-likeness (QED) is 0.557. The third kappa shape index (κ3) is 4.93. The number of rotatable bonds is 4. The summed E-state index contributed by atoms with van der Waals surface area (Å²) < 4.78 is 43.3. The Kier molecular flexibility index (Phi) is 6.39. The predicted octanol–water partition coefficient (Wildman–Crippen LogP) is 3.56. The molecule has 1 aliphatic carbocycles. The molecule has 2 heterocycles. The van der Waals surface area contributed by atoms with E-state index in [0.717, 1.165) is 12.1 Å². The number of nitrogens with one attached hydrogen (secondary N) is 1. The summed E-state index contributed by atoms with van der Waals surface area (Å²) in [6, 6.07) is 5.78. The van der Waals surface area contributed by atoms with E-state index in [9.17, 15) is 27.6 Å². The number of aromatic nitrogens is 3. The molecule has 1 amide bonds. The number of carbonyl (C=O) groups excluding carboxylic acids is 1. The van der Waals surface area contributed by atoms with Gasteiger partial charge in [-0.2, -0.15) is 0 Å². The third-order valence-electron chi connectivity index (χ3n) is 5.86. The number of alkyl halides is 3. The molecule has 1 saturated carbocycles. The number of halogens is 4. The van der Waals surface area contributed by atoms with Gasteiger partial charge in [0.1, 0.15) is 5.75 Å². The fraction of sp³-hybridized carbons (Fsp3) is 0.364. The van der Waals surface area contributed by atoms with E-state index in [1.54, 1.807) is 6.07 Å². The monoisotopic (exact) mass is 496 g/mol. The molecule has 180 valence electrons. The van der Waals surface area contributed by atoms with Gasteiger partial charge in [-0.1, -0.05) is 11.6 Å². The average Bonchev–Trinajstić information content (AvgIpc) is 2.78. The highest BCUT2D eigenvalue weighted by atomic mass is 35.5. The molecule has 12 heteroatoms. The summed E-state index contributed by atoms with van der Waals surface area (Å²) in [5.41, 5.74) is -0.328. The predicted molar refractivity (Wildman–Crippen MR) is 118 cm³/mol. The summed E-state index contributed by atoms with van der Waals surface area (Å²) in [4.78, 5) is 42.0. The van der Waals surface area contributed by atoms with Gasteiger partial charge in [0.05, 0.1) is 10.5 Å². The van der Waals surface area contributed by atoms with Crippen molar-refractivity contribution in [1.82, 2.24) is 19.4 Å². The van der Waals surface area contributed by atoms with Gasteiger partial charge in [-0.05, 0) is 56.0 Å². The van der Waals surface area contributed by atoms with Crippen molar-refractivity contribution < 1.29 is 22.7 Å². The smallest absolute Gasteiger partial charge is 0.406 e. The minimum absolute atomic E-state index is 0.189. The number of benzene rings is 1. The second kappa shape index (κ2) is 9.13. The molecule has 1 aliphatic rings. The van der Waals surface area contributed by atoms with E-state index in [0.29, 0.717) is 41.9 Å². The molecule has 3 aromatic rings. The van der Waals surface area contributed by atoms with Gasteiger partial charge in [0.2, 0.25) is 0 Å². The van der Waals surface area contributed by atoms with Crippen LogP contribution in [0.25, 0.3) is 11.2 Å². The highest BCUT2D eigenvalue weighted by Gasteiger charge is 2.31. The standard InChI is InChI=1S/C22H20ClF3N4O4/c1-29-17-10-13(23)11-27-18(17)30(21(33)20(29)32)15-6-4-14(5-7-15)28-19(31)12-2-8-16(9-3-12)34-22(24,25)26/h2-3,8-11,14-15H,4-7H2,1H3,(H,28,31)/t14-,15-. The number of aryl methyl sites for hydroxylation is 1. The van der Waals surface area contributed by atoms with Crippen molar-refractivity contribution >= 4 is 28.7 Å². The van der Waals surface area contributed by atoms with Gasteiger partial charge in [-0.25, -0.2) is 4.98 Å². The number of hydrogen-bond donors (Lipinski definition) is 1. The molecule has 4 rings (SSSR count).